The molecule has 6 heteroatoms. The molecule has 0 radical (unpaired) electrons. The van der Waals surface area contributed by atoms with E-state index in [0.717, 1.165) is 0 Å². The van der Waals surface area contributed by atoms with Gasteiger partial charge in [-0.3, -0.25) is 10.1 Å². The van der Waals surface area contributed by atoms with E-state index in [4.69, 9.17) is 16.3 Å². The zero-order chi connectivity index (χ0) is 15.5. The van der Waals surface area contributed by atoms with Crippen molar-refractivity contribution in [2.75, 3.05) is 0 Å². The normalized spacial score (nSPS) is 12.2. The number of nitro benzene ring substituents is 1. The van der Waals surface area contributed by atoms with Gasteiger partial charge in [-0.15, -0.1) is 0 Å². The number of hydrogen-bond donors (Lipinski definition) is 0. The average Bonchev–Trinajstić information content (AvgIpc) is 2.26. The van der Waals surface area contributed by atoms with Crippen LogP contribution in [0.25, 0.3) is 5.57 Å². The number of ether oxygens (including phenoxy) is 1. The maximum Gasteiger partial charge on any atom is 0.331 e. The Labute approximate surface area is 122 Å². The van der Waals surface area contributed by atoms with Crippen molar-refractivity contribution in [3.05, 3.63) is 45.0 Å². The van der Waals surface area contributed by atoms with E-state index in [9.17, 15) is 14.9 Å². The van der Waals surface area contributed by atoms with Crippen LogP contribution in [0.4, 0.5) is 5.69 Å². The van der Waals surface area contributed by atoms with Crippen molar-refractivity contribution in [1.29, 1.82) is 0 Å². The quantitative estimate of drug-likeness (QED) is 0.366. The number of allylic oxidation sites excluding steroid dienone is 1. The molecular formula is C14H16ClNO4. The molecule has 5 nitrogen and oxygen atoms in total. The lowest BCUT2D eigenvalue weighted by molar-refractivity contribution is -0.384. The molecular weight excluding hydrogens is 282 g/mol. The summed E-state index contributed by atoms with van der Waals surface area (Å²) in [6.07, 6.45) is 1.30. The summed E-state index contributed by atoms with van der Waals surface area (Å²) >= 11 is 5.74. The van der Waals surface area contributed by atoms with Crippen LogP contribution in [0.5, 0.6) is 0 Å². The molecule has 0 saturated carbocycles. The van der Waals surface area contributed by atoms with Gasteiger partial charge in [-0.05, 0) is 44.9 Å². The van der Waals surface area contributed by atoms with Gasteiger partial charge in [0.25, 0.3) is 5.69 Å². The topological polar surface area (TPSA) is 69.4 Å². The molecule has 1 rings (SSSR count). The summed E-state index contributed by atoms with van der Waals surface area (Å²) in [6, 6.07) is 4.38. The number of esters is 1. The molecule has 0 bridgehead atoms. The van der Waals surface area contributed by atoms with E-state index in [1.165, 1.54) is 18.2 Å². The van der Waals surface area contributed by atoms with Crippen molar-refractivity contribution in [1.82, 2.24) is 0 Å². The van der Waals surface area contributed by atoms with Gasteiger partial charge in [-0.1, -0.05) is 17.7 Å². The predicted molar refractivity (Wildman–Crippen MR) is 77.6 cm³/mol. The summed E-state index contributed by atoms with van der Waals surface area (Å²) in [4.78, 5) is 21.9. The van der Waals surface area contributed by atoms with Crippen molar-refractivity contribution in [3.63, 3.8) is 0 Å². The Balaban J connectivity index is 3.03. The molecule has 0 aliphatic rings. The Bertz CT molecular complexity index is 573. The van der Waals surface area contributed by atoms with Crippen LogP contribution < -0.4 is 0 Å². The Kier molecular flexibility index (Phi) is 4.89. The molecule has 1 aromatic rings. The Morgan fingerprint density at radius 3 is 2.50 bits per heavy atom. The van der Waals surface area contributed by atoms with Gasteiger partial charge in [-0.25, -0.2) is 4.79 Å². The number of carbonyl (C=O) groups excluding carboxylic acids is 1. The highest BCUT2D eigenvalue weighted by atomic mass is 35.5. The Morgan fingerprint density at radius 2 is 2.00 bits per heavy atom. The van der Waals surface area contributed by atoms with Gasteiger partial charge in [0.2, 0.25) is 0 Å². The molecule has 0 amide bonds. The smallest absolute Gasteiger partial charge is 0.331 e. The first-order valence-electron chi connectivity index (χ1n) is 5.96. The van der Waals surface area contributed by atoms with Gasteiger partial charge >= 0.3 is 5.97 Å². The molecule has 0 spiro atoms. The maximum atomic E-state index is 11.7. The van der Waals surface area contributed by atoms with E-state index in [-0.39, 0.29) is 10.7 Å². The lowest BCUT2D eigenvalue weighted by Crippen LogP contribution is -2.22. The minimum Gasteiger partial charge on any atom is -0.457 e. The van der Waals surface area contributed by atoms with Gasteiger partial charge < -0.3 is 4.74 Å². The van der Waals surface area contributed by atoms with Crippen LogP contribution >= 0.6 is 11.6 Å². The molecule has 0 unspecified atom stereocenters. The van der Waals surface area contributed by atoms with E-state index in [1.807, 2.05) is 0 Å². The van der Waals surface area contributed by atoms with E-state index in [2.05, 4.69) is 0 Å². The third-order valence-corrected chi connectivity index (χ3v) is 2.66. The molecule has 0 fully saturated rings. The Hall–Kier alpha value is -1.88. The fourth-order valence-corrected chi connectivity index (χ4v) is 1.68. The van der Waals surface area contributed by atoms with Crippen molar-refractivity contribution in [2.24, 2.45) is 0 Å². The first kappa shape index (κ1) is 16.2. The van der Waals surface area contributed by atoms with Crippen LogP contribution in [0.1, 0.15) is 33.3 Å². The highest BCUT2D eigenvalue weighted by Gasteiger charge is 2.16. The molecule has 0 aromatic heterocycles. The summed E-state index contributed by atoms with van der Waals surface area (Å²) in [6.45, 7) is 6.97. The standard InChI is InChI=1S/C14H16ClNO4/c1-9(7-13(17)20-14(2,3)4)10-5-6-11(15)12(8-10)16(18)19/h5-8H,1-4H3/b9-7+. The number of benzene rings is 1. The highest BCUT2D eigenvalue weighted by molar-refractivity contribution is 6.32. The number of carbonyl (C=O) groups is 1. The summed E-state index contributed by atoms with van der Waals surface area (Å²) in [7, 11) is 0. The van der Waals surface area contributed by atoms with Crippen molar-refractivity contribution in [3.8, 4) is 0 Å². The summed E-state index contributed by atoms with van der Waals surface area (Å²) in [5.74, 6) is -0.493. The van der Waals surface area contributed by atoms with Crippen LogP contribution in [-0.4, -0.2) is 16.5 Å². The fourth-order valence-electron chi connectivity index (χ4n) is 1.49. The molecule has 0 atom stereocenters. The molecule has 0 heterocycles. The molecule has 0 aliphatic carbocycles. The second kappa shape index (κ2) is 6.05. The van der Waals surface area contributed by atoms with E-state index < -0.39 is 16.5 Å². The number of nitro groups is 1. The summed E-state index contributed by atoms with van der Waals surface area (Å²) in [5, 5.41) is 10.9. The van der Waals surface area contributed by atoms with Crippen LogP contribution in [-0.2, 0) is 9.53 Å². The van der Waals surface area contributed by atoms with Crippen molar-refractivity contribution < 1.29 is 14.5 Å². The minimum atomic E-state index is -0.583. The number of hydrogen-bond acceptors (Lipinski definition) is 4. The fraction of sp³-hybridized carbons (Fsp3) is 0.357. The van der Waals surface area contributed by atoms with Gasteiger partial charge in [0.1, 0.15) is 10.6 Å². The van der Waals surface area contributed by atoms with Crippen molar-refractivity contribution in [2.45, 2.75) is 33.3 Å². The molecule has 108 valence electrons. The van der Waals surface area contributed by atoms with Crippen molar-refractivity contribution >= 4 is 28.8 Å². The first-order valence-corrected chi connectivity index (χ1v) is 6.33. The first-order chi connectivity index (χ1) is 9.10. The lowest BCUT2D eigenvalue weighted by atomic mass is 10.1. The van der Waals surface area contributed by atoms with Crippen LogP contribution in [0, 0.1) is 10.1 Å². The maximum absolute atomic E-state index is 11.7. The van der Waals surface area contributed by atoms with Crippen LogP contribution in [0.3, 0.4) is 0 Å². The van der Waals surface area contributed by atoms with Crippen LogP contribution in [0.15, 0.2) is 24.3 Å². The summed E-state index contributed by atoms with van der Waals surface area (Å²) in [5.41, 5.74) is 0.340. The van der Waals surface area contributed by atoms with Gasteiger partial charge in [0, 0.05) is 12.1 Å². The highest BCUT2D eigenvalue weighted by Crippen LogP contribution is 2.28. The van der Waals surface area contributed by atoms with E-state index in [1.54, 1.807) is 33.8 Å². The molecule has 0 N–H and O–H groups in total. The number of rotatable bonds is 3. The second-order valence-electron chi connectivity index (χ2n) is 5.28. The Morgan fingerprint density at radius 1 is 1.40 bits per heavy atom. The number of nitrogens with zero attached hydrogens (tertiary/aromatic N) is 1. The van der Waals surface area contributed by atoms with E-state index in [0.29, 0.717) is 11.1 Å². The number of halogens is 1. The molecule has 20 heavy (non-hydrogen) atoms. The molecule has 1 aromatic carbocycles. The minimum absolute atomic E-state index is 0.0591. The lowest BCUT2D eigenvalue weighted by Gasteiger charge is -2.18. The second-order valence-corrected chi connectivity index (χ2v) is 5.69. The zero-order valence-electron chi connectivity index (χ0n) is 11.8. The molecule has 0 saturated heterocycles. The zero-order valence-corrected chi connectivity index (χ0v) is 12.5. The third kappa shape index (κ3) is 4.66. The van der Waals surface area contributed by atoms with Crippen LogP contribution in [0.2, 0.25) is 5.02 Å². The van der Waals surface area contributed by atoms with E-state index >= 15 is 0 Å². The monoisotopic (exact) mass is 297 g/mol. The SMILES string of the molecule is C/C(=C\C(=O)OC(C)(C)C)c1ccc(Cl)c([N+](=O)[O-])c1. The van der Waals surface area contributed by atoms with Gasteiger partial charge in [-0.2, -0.15) is 0 Å². The molecule has 0 aliphatic heterocycles. The van der Waals surface area contributed by atoms with Gasteiger partial charge in [0.05, 0.1) is 4.92 Å². The largest absolute Gasteiger partial charge is 0.457 e. The van der Waals surface area contributed by atoms with Gasteiger partial charge in [0.15, 0.2) is 0 Å². The predicted octanol–water partition coefficient (Wildman–Crippen LogP) is 3.99. The summed E-state index contributed by atoms with van der Waals surface area (Å²) < 4.78 is 5.16. The third-order valence-electron chi connectivity index (χ3n) is 2.34. The average molecular weight is 298 g/mol.